The molecule has 0 saturated carbocycles. The lowest BCUT2D eigenvalue weighted by atomic mass is 10.2. The van der Waals surface area contributed by atoms with E-state index in [9.17, 15) is 9.50 Å². The largest absolute Gasteiger partial charge is 0.507 e. The van der Waals surface area contributed by atoms with E-state index in [0.29, 0.717) is 0 Å². The Morgan fingerprint density at radius 2 is 2.14 bits per heavy atom. The fourth-order valence-corrected chi connectivity index (χ4v) is 1.28. The van der Waals surface area contributed by atoms with Crippen molar-refractivity contribution < 1.29 is 9.50 Å². The molecule has 4 nitrogen and oxygen atoms in total. The molecule has 1 aromatic heterocycles. The van der Waals surface area contributed by atoms with Crippen LogP contribution in [0.5, 0.6) is 5.75 Å². The first-order valence-electron chi connectivity index (χ1n) is 3.81. The number of H-pyrrole nitrogens is 2. The number of nitrogens with one attached hydrogen (secondary N) is 2. The highest BCUT2D eigenvalue weighted by Gasteiger charge is 2.12. The third-order valence-corrected chi connectivity index (χ3v) is 1.92. The molecule has 3 N–H and O–H groups in total. The van der Waals surface area contributed by atoms with Gasteiger partial charge in [0.05, 0.1) is 5.56 Å². The van der Waals surface area contributed by atoms with E-state index in [4.69, 9.17) is 12.2 Å². The van der Waals surface area contributed by atoms with Gasteiger partial charge in [0.25, 0.3) is 0 Å². The Morgan fingerprint density at radius 1 is 1.36 bits per heavy atom. The van der Waals surface area contributed by atoms with Crippen LogP contribution >= 0.6 is 12.2 Å². The van der Waals surface area contributed by atoms with Crippen molar-refractivity contribution in [1.29, 1.82) is 0 Å². The van der Waals surface area contributed by atoms with Gasteiger partial charge in [-0.3, -0.25) is 10.2 Å². The smallest absolute Gasteiger partial charge is 0.213 e. The molecule has 0 fully saturated rings. The number of aromatic hydroxyl groups is 1. The topological polar surface area (TPSA) is 64.7 Å². The van der Waals surface area contributed by atoms with Crippen LogP contribution in [0, 0.1) is 10.6 Å². The van der Waals surface area contributed by atoms with Crippen molar-refractivity contribution >= 4 is 12.2 Å². The van der Waals surface area contributed by atoms with Gasteiger partial charge in [-0.15, -0.1) is 0 Å². The number of phenols is 1. The third kappa shape index (κ3) is 1.39. The van der Waals surface area contributed by atoms with Gasteiger partial charge in [0.15, 0.2) is 5.82 Å². The van der Waals surface area contributed by atoms with Gasteiger partial charge in [-0.25, -0.2) is 4.39 Å². The minimum absolute atomic E-state index is 0.0138. The Hall–Kier alpha value is -1.69. The monoisotopic (exact) mass is 211 g/mol. The molecule has 1 heterocycles. The maximum Gasteiger partial charge on any atom is 0.213 e. The predicted molar refractivity (Wildman–Crippen MR) is 50.8 cm³/mol. The summed E-state index contributed by atoms with van der Waals surface area (Å²) in [6.07, 6.45) is 0. The Balaban J connectivity index is 2.67. The zero-order chi connectivity index (χ0) is 10.1. The quantitative estimate of drug-likeness (QED) is 0.632. The van der Waals surface area contributed by atoms with E-state index in [-0.39, 0.29) is 21.9 Å². The number of aromatic amines is 2. The van der Waals surface area contributed by atoms with Crippen LogP contribution in [0.2, 0.25) is 0 Å². The summed E-state index contributed by atoms with van der Waals surface area (Å²) in [5, 5.41) is 14.5. The lowest BCUT2D eigenvalue weighted by Gasteiger charge is -2.00. The number of aromatic nitrogens is 3. The summed E-state index contributed by atoms with van der Waals surface area (Å²) in [5.74, 6) is -0.545. The first-order valence-corrected chi connectivity index (χ1v) is 4.22. The number of halogens is 1. The van der Waals surface area contributed by atoms with E-state index >= 15 is 0 Å². The first kappa shape index (κ1) is 8.89. The van der Waals surface area contributed by atoms with Crippen molar-refractivity contribution in [3.05, 3.63) is 28.8 Å². The van der Waals surface area contributed by atoms with E-state index < -0.39 is 5.82 Å². The molecule has 0 aliphatic rings. The molecule has 14 heavy (non-hydrogen) atoms. The molecule has 0 radical (unpaired) electrons. The molecule has 2 aromatic rings. The highest BCUT2D eigenvalue weighted by molar-refractivity contribution is 7.71. The molecule has 1 aromatic carbocycles. The summed E-state index contributed by atoms with van der Waals surface area (Å²) >= 11 is 4.72. The minimum atomic E-state index is -0.553. The summed E-state index contributed by atoms with van der Waals surface area (Å²) in [7, 11) is 0. The van der Waals surface area contributed by atoms with Crippen LogP contribution in [0.4, 0.5) is 4.39 Å². The minimum Gasteiger partial charge on any atom is -0.507 e. The fraction of sp³-hybridized carbons (Fsp3) is 0. The molecule has 2 rings (SSSR count). The second kappa shape index (κ2) is 3.22. The van der Waals surface area contributed by atoms with Crippen LogP contribution in [0.25, 0.3) is 11.4 Å². The number of hydrogen-bond acceptors (Lipinski definition) is 3. The summed E-state index contributed by atoms with van der Waals surface area (Å²) in [5.41, 5.74) is 0.0138. The molecular weight excluding hydrogens is 205 g/mol. The van der Waals surface area contributed by atoms with Gasteiger partial charge >= 0.3 is 0 Å². The zero-order valence-electron chi connectivity index (χ0n) is 6.91. The zero-order valence-corrected chi connectivity index (χ0v) is 7.73. The summed E-state index contributed by atoms with van der Waals surface area (Å²) in [4.78, 5) is 3.81. The molecule has 0 unspecified atom stereocenters. The molecule has 0 saturated heterocycles. The molecule has 72 valence electrons. The number of hydrogen-bond donors (Lipinski definition) is 3. The highest BCUT2D eigenvalue weighted by atomic mass is 32.1. The van der Waals surface area contributed by atoms with Gasteiger partial charge in [-0.05, 0) is 24.4 Å². The van der Waals surface area contributed by atoms with Crippen LogP contribution in [0.15, 0.2) is 18.2 Å². The van der Waals surface area contributed by atoms with Crippen molar-refractivity contribution in [1.82, 2.24) is 15.2 Å². The Labute approximate surface area is 83.4 Å². The average molecular weight is 211 g/mol. The Kier molecular flexibility index (Phi) is 2.05. The van der Waals surface area contributed by atoms with E-state index in [0.717, 1.165) is 0 Å². The number of rotatable bonds is 1. The normalized spacial score (nSPS) is 10.4. The van der Waals surface area contributed by atoms with Gasteiger partial charge in [-0.2, -0.15) is 4.98 Å². The molecule has 0 spiro atoms. The second-order valence-corrected chi connectivity index (χ2v) is 3.04. The maximum absolute atomic E-state index is 13.3. The van der Waals surface area contributed by atoms with Crippen LogP contribution in [0.1, 0.15) is 0 Å². The maximum atomic E-state index is 13.3. The van der Waals surface area contributed by atoms with Gasteiger partial charge < -0.3 is 5.11 Å². The SMILES string of the molecule is Oc1cccc(F)c1-c1nc(=S)[nH][nH]1. The molecule has 0 atom stereocenters. The Morgan fingerprint density at radius 3 is 2.71 bits per heavy atom. The number of phenolic OH excluding ortho intramolecular Hbond substituents is 1. The molecule has 0 aliphatic heterocycles. The van der Waals surface area contributed by atoms with Crippen molar-refractivity contribution in [2.75, 3.05) is 0 Å². The molecule has 6 heteroatoms. The van der Waals surface area contributed by atoms with Gasteiger partial charge in [0.2, 0.25) is 4.77 Å². The van der Waals surface area contributed by atoms with E-state index in [1.807, 2.05) is 0 Å². The van der Waals surface area contributed by atoms with Crippen molar-refractivity contribution in [2.45, 2.75) is 0 Å². The summed E-state index contributed by atoms with van der Waals surface area (Å²) in [6, 6.07) is 4.03. The second-order valence-electron chi connectivity index (χ2n) is 2.65. The van der Waals surface area contributed by atoms with E-state index in [1.165, 1.54) is 18.2 Å². The number of benzene rings is 1. The van der Waals surface area contributed by atoms with Gasteiger partial charge in [0.1, 0.15) is 11.6 Å². The molecular formula is C8H6FN3OS. The fourth-order valence-electron chi connectivity index (χ4n) is 1.14. The van der Waals surface area contributed by atoms with Crippen molar-refractivity contribution in [3.8, 4) is 17.1 Å². The van der Waals surface area contributed by atoms with Crippen molar-refractivity contribution in [3.63, 3.8) is 0 Å². The lowest BCUT2D eigenvalue weighted by Crippen LogP contribution is -1.87. The average Bonchev–Trinajstić information content (AvgIpc) is 2.51. The standard InChI is InChI=1S/C8H6FN3OS/c9-4-2-1-3-5(13)6(4)7-10-8(14)12-11-7/h1-3,13H,(H2,10,11,12,14). The van der Waals surface area contributed by atoms with Crippen molar-refractivity contribution in [2.24, 2.45) is 0 Å². The number of nitrogens with zero attached hydrogens (tertiary/aromatic N) is 1. The molecule has 0 bridgehead atoms. The lowest BCUT2D eigenvalue weighted by molar-refractivity contribution is 0.471. The third-order valence-electron chi connectivity index (χ3n) is 1.73. The predicted octanol–water partition coefficient (Wildman–Crippen LogP) is 1.98. The highest BCUT2D eigenvalue weighted by Crippen LogP contribution is 2.28. The van der Waals surface area contributed by atoms with Gasteiger partial charge in [-0.1, -0.05) is 6.07 Å². The van der Waals surface area contributed by atoms with Crippen LogP contribution in [-0.2, 0) is 0 Å². The molecule has 0 amide bonds. The van der Waals surface area contributed by atoms with E-state index in [2.05, 4.69) is 15.2 Å². The van der Waals surface area contributed by atoms with Gasteiger partial charge in [0, 0.05) is 0 Å². The Bertz CT molecular complexity index is 499. The molecule has 0 aliphatic carbocycles. The van der Waals surface area contributed by atoms with Crippen LogP contribution < -0.4 is 0 Å². The summed E-state index contributed by atoms with van der Waals surface area (Å²) in [6.45, 7) is 0. The first-order chi connectivity index (χ1) is 6.68. The van der Waals surface area contributed by atoms with Crippen LogP contribution in [0.3, 0.4) is 0 Å². The van der Waals surface area contributed by atoms with Crippen LogP contribution in [-0.4, -0.2) is 20.3 Å². The summed E-state index contributed by atoms with van der Waals surface area (Å²) < 4.78 is 13.5. The van der Waals surface area contributed by atoms with E-state index in [1.54, 1.807) is 0 Å².